The molecule has 24 heavy (non-hydrogen) atoms. The van der Waals surface area contributed by atoms with E-state index in [9.17, 15) is 14.3 Å². The molecule has 0 fully saturated rings. The summed E-state index contributed by atoms with van der Waals surface area (Å²) in [6, 6.07) is 2.31. The molecule has 0 spiro atoms. The maximum atomic E-state index is 13.6. The Bertz CT molecular complexity index is 798. The molecule has 0 aromatic heterocycles. The Hall–Kier alpha value is -1.82. The third kappa shape index (κ3) is 3.07. The van der Waals surface area contributed by atoms with Gasteiger partial charge in [-0.15, -0.1) is 0 Å². The minimum Gasteiger partial charge on any atom is -0.497 e. The van der Waals surface area contributed by atoms with Crippen molar-refractivity contribution in [3.05, 3.63) is 68.9 Å². The molecule has 1 aliphatic carbocycles. The van der Waals surface area contributed by atoms with Gasteiger partial charge in [-0.3, -0.25) is 4.79 Å². The zero-order valence-corrected chi connectivity index (χ0v) is 14.1. The fourth-order valence-electron chi connectivity index (χ4n) is 2.66. The summed E-state index contributed by atoms with van der Waals surface area (Å²) in [5.74, 6) is -0.805. The molecule has 0 saturated heterocycles. The first kappa shape index (κ1) is 17.0. The number of halogens is 3. The first-order chi connectivity index (χ1) is 11.4. The number of carbonyl (C=O) groups excluding carboxylic acids is 1. The van der Waals surface area contributed by atoms with E-state index in [1.54, 1.807) is 18.2 Å². The highest BCUT2D eigenvalue weighted by Crippen LogP contribution is 2.39. The molecule has 2 atom stereocenters. The van der Waals surface area contributed by atoms with Gasteiger partial charge in [0.1, 0.15) is 23.3 Å². The first-order valence-electron chi connectivity index (χ1n) is 7.12. The second-order valence-electron chi connectivity index (χ2n) is 5.39. The number of aliphatic hydroxyl groups is 1. The predicted molar refractivity (Wildman–Crippen MR) is 86.8 cm³/mol. The summed E-state index contributed by atoms with van der Waals surface area (Å²) >= 11 is 11.7. The lowest BCUT2D eigenvalue weighted by atomic mass is 9.93. The zero-order valence-electron chi connectivity index (χ0n) is 12.6. The Morgan fingerprint density at radius 3 is 2.79 bits per heavy atom. The molecule has 1 heterocycles. The summed E-state index contributed by atoms with van der Waals surface area (Å²) in [5.41, 5.74) is 0.824. The van der Waals surface area contributed by atoms with Crippen LogP contribution in [0.1, 0.15) is 18.1 Å². The van der Waals surface area contributed by atoms with Crippen LogP contribution in [0, 0.1) is 11.7 Å². The summed E-state index contributed by atoms with van der Waals surface area (Å²) < 4.78 is 24.0. The van der Waals surface area contributed by atoms with Crippen molar-refractivity contribution in [3.8, 4) is 0 Å². The highest BCUT2D eigenvalue weighted by atomic mass is 35.5. The smallest absolute Gasteiger partial charge is 0.322 e. The minimum atomic E-state index is -1.14. The lowest BCUT2D eigenvalue weighted by Crippen LogP contribution is -2.11. The van der Waals surface area contributed by atoms with Gasteiger partial charge in [-0.1, -0.05) is 29.3 Å². The maximum Gasteiger partial charge on any atom is 0.322 e. The van der Waals surface area contributed by atoms with Crippen LogP contribution in [-0.2, 0) is 14.3 Å². The lowest BCUT2D eigenvalue weighted by molar-refractivity contribution is -0.139. The van der Waals surface area contributed by atoms with Gasteiger partial charge >= 0.3 is 5.97 Å². The van der Waals surface area contributed by atoms with Crippen LogP contribution in [0.15, 0.2) is 47.5 Å². The van der Waals surface area contributed by atoms with Gasteiger partial charge in [0.05, 0.1) is 18.2 Å². The molecule has 1 aromatic carbocycles. The normalized spacial score (nSPS) is 20.6. The quantitative estimate of drug-likeness (QED) is 0.640. The third-order valence-electron chi connectivity index (χ3n) is 3.91. The van der Waals surface area contributed by atoms with Gasteiger partial charge in [-0.2, -0.15) is 0 Å². The topological polar surface area (TPSA) is 55.8 Å². The van der Waals surface area contributed by atoms with Crippen LogP contribution in [0.3, 0.4) is 0 Å². The molecule has 0 amide bonds. The van der Waals surface area contributed by atoms with Crippen LogP contribution in [-0.4, -0.2) is 18.2 Å². The Labute approximate surface area is 147 Å². The molecule has 0 radical (unpaired) electrons. The van der Waals surface area contributed by atoms with Gasteiger partial charge < -0.3 is 14.6 Å². The fourth-order valence-corrected chi connectivity index (χ4v) is 3.17. The predicted octanol–water partition coefficient (Wildman–Crippen LogP) is 4.08. The van der Waals surface area contributed by atoms with Crippen LogP contribution in [0.25, 0.3) is 0 Å². The number of carbonyl (C=O) groups is 1. The van der Waals surface area contributed by atoms with E-state index in [0.717, 1.165) is 6.07 Å². The van der Waals surface area contributed by atoms with E-state index in [0.29, 0.717) is 17.1 Å². The standard InChI is InChI=1S/C17H13Cl2FO4/c1-23-8-2-3-9-10(4-8)17(22)24-16(9)7-15(21)11-5-14(20)13(19)6-12(11)18/h2-6,10,15,21H,7H2,1H3. The number of ether oxygens (including phenoxy) is 2. The van der Waals surface area contributed by atoms with Gasteiger partial charge in [-0.05, 0) is 24.3 Å². The maximum absolute atomic E-state index is 13.6. The summed E-state index contributed by atoms with van der Waals surface area (Å²) in [5, 5.41) is 10.4. The number of hydrogen-bond acceptors (Lipinski definition) is 4. The molecule has 3 rings (SSSR count). The molecule has 2 unspecified atom stereocenters. The van der Waals surface area contributed by atoms with Crippen molar-refractivity contribution in [1.29, 1.82) is 0 Å². The number of benzene rings is 1. The van der Waals surface area contributed by atoms with E-state index in [2.05, 4.69) is 0 Å². The number of allylic oxidation sites excluding steroid dienone is 2. The summed E-state index contributed by atoms with van der Waals surface area (Å²) in [7, 11) is 1.51. The van der Waals surface area contributed by atoms with Gasteiger partial charge in [0.25, 0.3) is 0 Å². The second kappa shape index (κ2) is 6.59. The average molecular weight is 371 g/mol. The molecule has 7 heteroatoms. The van der Waals surface area contributed by atoms with E-state index in [1.165, 1.54) is 13.2 Å². The van der Waals surface area contributed by atoms with Crippen LogP contribution >= 0.6 is 23.2 Å². The van der Waals surface area contributed by atoms with E-state index in [-0.39, 0.29) is 22.0 Å². The molecule has 1 aromatic rings. The summed E-state index contributed by atoms with van der Waals surface area (Å²) in [4.78, 5) is 12.0. The Morgan fingerprint density at radius 2 is 2.08 bits per heavy atom. The van der Waals surface area contributed by atoms with Crippen molar-refractivity contribution in [2.75, 3.05) is 7.11 Å². The average Bonchev–Trinajstić information content (AvgIpc) is 2.86. The fraction of sp³-hybridized carbons (Fsp3) is 0.235. The Morgan fingerprint density at radius 1 is 1.33 bits per heavy atom. The molecule has 126 valence electrons. The number of cyclic esters (lactones) is 1. The Balaban J connectivity index is 1.87. The number of hydrogen-bond donors (Lipinski definition) is 1. The van der Waals surface area contributed by atoms with E-state index in [1.807, 2.05) is 0 Å². The number of aliphatic hydroxyl groups excluding tert-OH is 1. The number of fused-ring (bicyclic) bond motifs is 1. The second-order valence-corrected chi connectivity index (χ2v) is 6.21. The van der Waals surface area contributed by atoms with Crippen LogP contribution in [0.2, 0.25) is 10.0 Å². The van der Waals surface area contributed by atoms with Gasteiger partial charge in [0.2, 0.25) is 0 Å². The molecule has 2 aliphatic rings. The number of methoxy groups -OCH3 is 1. The molecule has 4 nitrogen and oxygen atoms in total. The van der Waals surface area contributed by atoms with Crippen LogP contribution < -0.4 is 0 Å². The van der Waals surface area contributed by atoms with Gasteiger partial charge in [-0.25, -0.2) is 4.39 Å². The largest absolute Gasteiger partial charge is 0.497 e. The molecular weight excluding hydrogens is 358 g/mol. The summed E-state index contributed by atoms with van der Waals surface area (Å²) in [6.07, 6.45) is 3.90. The molecular formula is C17H13Cl2FO4. The van der Waals surface area contributed by atoms with Crippen molar-refractivity contribution in [2.24, 2.45) is 5.92 Å². The van der Waals surface area contributed by atoms with Crippen molar-refractivity contribution >= 4 is 29.2 Å². The zero-order chi connectivity index (χ0) is 17.4. The first-order valence-corrected chi connectivity index (χ1v) is 7.87. The third-order valence-corrected chi connectivity index (χ3v) is 4.52. The molecule has 1 aliphatic heterocycles. The molecule has 1 N–H and O–H groups in total. The number of rotatable bonds is 4. The SMILES string of the molecule is COC1=CC2C(=O)OC(CC(O)c3cc(F)c(Cl)cc3Cl)=C2C=C1. The van der Waals surface area contributed by atoms with Crippen LogP contribution in [0.5, 0.6) is 0 Å². The Kier molecular flexibility index (Phi) is 4.67. The van der Waals surface area contributed by atoms with Crippen molar-refractivity contribution in [2.45, 2.75) is 12.5 Å². The van der Waals surface area contributed by atoms with E-state index < -0.39 is 23.8 Å². The minimum absolute atomic E-state index is 0.0150. The van der Waals surface area contributed by atoms with E-state index in [4.69, 9.17) is 32.7 Å². The number of esters is 1. The highest BCUT2D eigenvalue weighted by Gasteiger charge is 2.36. The van der Waals surface area contributed by atoms with Crippen molar-refractivity contribution in [1.82, 2.24) is 0 Å². The van der Waals surface area contributed by atoms with Crippen molar-refractivity contribution in [3.63, 3.8) is 0 Å². The lowest BCUT2D eigenvalue weighted by Gasteiger charge is -2.15. The highest BCUT2D eigenvalue weighted by molar-refractivity contribution is 6.35. The van der Waals surface area contributed by atoms with Gasteiger partial charge in [0, 0.05) is 22.6 Å². The monoisotopic (exact) mass is 370 g/mol. The molecule has 0 saturated carbocycles. The van der Waals surface area contributed by atoms with Gasteiger partial charge in [0.15, 0.2) is 0 Å². The summed E-state index contributed by atoms with van der Waals surface area (Å²) in [6.45, 7) is 0. The molecule has 0 bridgehead atoms. The van der Waals surface area contributed by atoms with Crippen molar-refractivity contribution < 1.29 is 23.8 Å². The van der Waals surface area contributed by atoms with Crippen LogP contribution in [0.4, 0.5) is 4.39 Å². The van der Waals surface area contributed by atoms with E-state index >= 15 is 0 Å².